The Morgan fingerprint density at radius 1 is 1.24 bits per heavy atom. The van der Waals surface area contributed by atoms with Crippen LogP contribution in [0.2, 0.25) is 5.28 Å². The molecule has 3 nitrogen and oxygen atoms in total. The quantitative estimate of drug-likeness (QED) is 0.852. The number of hydrogen-bond donors (Lipinski definition) is 1. The molecule has 0 fully saturated rings. The standard InChI is InChI=1S/C10H5BrClF2N3/c11-5-1-2-6(13)8(3-5)16-9-7(14)4-15-10(12)17-9/h1-4H,(H,15,16,17). The van der Waals surface area contributed by atoms with Gasteiger partial charge >= 0.3 is 0 Å². The zero-order valence-corrected chi connectivity index (χ0v) is 10.6. The Balaban J connectivity index is 2.37. The van der Waals surface area contributed by atoms with Gasteiger partial charge in [0, 0.05) is 4.47 Å². The fourth-order valence-corrected chi connectivity index (χ4v) is 1.65. The first-order valence-corrected chi connectivity index (χ1v) is 5.63. The number of nitrogens with zero attached hydrogens (tertiary/aromatic N) is 2. The number of nitrogens with one attached hydrogen (secondary N) is 1. The van der Waals surface area contributed by atoms with E-state index in [9.17, 15) is 8.78 Å². The van der Waals surface area contributed by atoms with Crippen LogP contribution in [0.1, 0.15) is 0 Å². The van der Waals surface area contributed by atoms with Crippen LogP contribution >= 0.6 is 27.5 Å². The van der Waals surface area contributed by atoms with Gasteiger partial charge < -0.3 is 5.32 Å². The Morgan fingerprint density at radius 3 is 2.76 bits per heavy atom. The number of rotatable bonds is 2. The first-order valence-electron chi connectivity index (χ1n) is 4.46. The first-order chi connectivity index (χ1) is 8.06. The summed E-state index contributed by atoms with van der Waals surface area (Å²) in [5.74, 6) is -1.42. The van der Waals surface area contributed by atoms with Crippen molar-refractivity contribution in [2.24, 2.45) is 0 Å². The summed E-state index contributed by atoms with van der Waals surface area (Å²) in [6, 6.07) is 4.24. The fourth-order valence-electron chi connectivity index (χ4n) is 1.15. The molecule has 0 spiro atoms. The third-order valence-corrected chi connectivity index (χ3v) is 2.57. The summed E-state index contributed by atoms with van der Waals surface area (Å²) in [5, 5.41) is 2.39. The van der Waals surface area contributed by atoms with E-state index in [1.54, 1.807) is 0 Å². The molecule has 0 radical (unpaired) electrons. The van der Waals surface area contributed by atoms with Crippen LogP contribution in [0.4, 0.5) is 20.3 Å². The van der Waals surface area contributed by atoms with Crippen molar-refractivity contribution in [1.82, 2.24) is 9.97 Å². The topological polar surface area (TPSA) is 37.8 Å². The number of hydrogen-bond acceptors (Lipinski definition) is 3. The summed E-state index contributed by atoms with van der Waals surface area (Å²) in [6.45, 7) is 0. The van der Waals surface area contributed by atoms with Gasteiger partial charge in [0.05, 0.1) is 11.9 Å². The average molecular weight is 321 g/mol. The molecule has 1 N–H and O–H groups in total. The zero-order chi connectivity index (χ0) is 12.4. The van der Waals surface area contributed by atoms with Gasteiger partial charge in [0.15, 0.2) is 11.6 Å². The highest BCUT2D eigenvalue weighted by Crippen LogP contribution is 2.24. The SMILES string of the molecule is Fc1ccc(Br)cc1Nc1nc(Cl)ncc1F. The molecule has 0 unspecified atom stereocenters. The summed E-state index contributed by atoms with van der Waals surface area (Å²) >= 11 is 8.71. The molecule has 17 heavy (non-hydrogen) atoms. The van der Waals surface area contributed by atoms with Gasteiger partial charge in [-0.15, -0.1) is 0 Å². The Morgan fingerprint density at radius 2 is 2.00 bits per heavy atom. The lowest BCUT2D eigenvalue weighted by molar-refractivity contribution is 0.615. The molecule has 1 aromatic carbocycles. The monoisotopic (exact) mass is 319 g/mol. The van der Waals surface area contributed by atoms with Crippen molar-refractivity contribution in [2.45, 2.75) is 0 Å². The molecule has 0 saturated carbocycles. The lowest BCUT2D eigenvalue weighted by Crippen LogP contribution is -2.00. The third kappa shape index (κ3) is 2.89. The zero-order valence-electron chi connectivity index (χ0n) is 8.22. The molecular weight excluding hydrogens is 315 g/mol. The molecule has 0 aliphatic rings. The second-order valence-corrected chi connectivity index (χ2v) is 4.34. The number of anilines is 2. The first kappa shape index (κ1) is 12.2. The van der Waals surface area contributed by atoms with Crippen LogP contribution < -0.4 is 5.32 Å². The average Bonchev–Trinajstić information content (AvgIpc) is 2.28. The second-order valence-electron chi connectivity index (χ2n) is 3.08. The Kier molecular flexibility index (Phi) is 3.54. The molecule has 0 bridgehead atoms. The molecule has 0 saturated heterocycles. The molecule has 88 valence electrons. The number of halogens is 4. The molecule has 2 aromatic rings. The van der Waals surface area contributed by atoms with Gasteiger partial charge in [-0.1, -0.05) is 15.9 Å². The van der Waals surface area contributed by atoms with Crippen molar-refractivity contribution in [3.05, 3.63) is 45.8 Å². The molecular formula is C10H5BrClF2N3. The van der Waals surface area contributed by atoms with E-state index in [4.69, 9.17) is 11.6 Å². The molecule has 1 heterocycles. The highest BCUT2D eigenvalue weighted by atomic mass is 79.9. The Labute approximate surface area is 109 Å². The van der Waals surface area contributed by atoms with Crippen molar-refractivity contribution in [3.63, 3.8) is 0 Å². The summed E-state index contributed by atoms with van der Waals surface area (Å²) in [4.78, 5) is 7.08. The molecule has 0 aliphatic heterocycles. The van der Waals surface area contributed by atoms with Gasteiger partial charge in [-0.05, 0) is 29.8 Å². The summed E-state index contributed by atoms with van der Waals surface area (Å²) in [6.07, 6.45) is 0.910. The largest absolute Gasteiger partial charge is 0.335 e. The van der Waals surface area contributed by atoms with E-state index < -0.39 is 11.6 Å². The van der Waals surface area contributed by atoms with Crippen LogP contribution in [0.25, 0.3) is 0 Å². The molecule has 7 heteroatoms. The van der Waals surface area contributed by atoms with Gasteiger partial charge in [0.1, 0.15) is 5.82 Å². The maximum absolute atomic E-state index is 13.4. The minimum absolute atomic E-state index is 0.0908. The highest BCUT2D eigenvalue weighted by molar-refractivity contribution is 9.10. The fraction of sp³-hybridized carbons (Fsp3) is 0. The minimum atomic E-state index is -0.714. The summed E-state index contributed by atoms with van der Waals surface area (Å²) < 4.78 is 27.4. The predicted octanol–water partition coefficient (Wildman–Crippen LogP) is 3.91. The van der Waals surface area contributed by atoms with Gasteiger partial charge in [-0.25, -0.2) is 13.8 Å². The maximum Gasteiger partial charge on any atom is 0.224 e. The van der Waals surface area contributed by atoms with Crippen molar-refractivity contribution in [2.75, 3.05) is 5.32 Å². The van der Waals surface area contributed by atoms with Crippen LogP contribution in [0.3, 0.4) is 0 Å². The maximum atomic E-state index is 13.4. The van der Waals surface area contributed by atoms with Crippen molar-refractivity contribution in [1.29, 1.82) is 0 Å². The van der Waals surface area contributed by atoms with Gasteiger partial charge in [-0.3, -0.25) is 0 Å². The number of aromatic nitrogens is 2. The van der Waals surface area contributed by atoms with Crippen LogP contribution in [0.15, 0.2) is 28.9 Å². The predicted molar refractivity (Wildman–Crippen MR) is 64.4 cm³/mol. The van der Waals surface area contributed by atoms with E-state index in [1.807, 2.05) is 0 Å². The molecule has 2 rings (SSSR count). The van der Waals surface area contributed by atoms with Crippen LogP contribution in [-0.2, 0) is 0 Å². The van der Waals surface area contributed by atoms with E-state index in [-0.39, 0.29) is 16.8 Å². The molecule has 0 amide bonds. The van der Waals surface area contributed by atoms with Gasteiger partial charge in [0.25, 0.3) is 0 Å². The lowest BCUT2D eigenvalue weighted by Gasteiger charge is -2.07. The highest BCUT2D eigenvalue weighted by Gasteiger charge is 2.09. The van der Waals surface area contributed by atoms with E-state index in [2.05, 4.69) is 31.2 Å². The molecule has 0 atom stereocenters. The van der Waals surface area contributed by atoms with Crippen molar-refractivity contribution >= 4 is 39.0 Å². The summed E-state index contributed by atoms with van der Waals surface area (Å²) in [7, 11) is 0. The van der Waals surface area contributed by atoms with E-state index in [0.717, 1.165) is 6.20 Å². The van der Waals surface area contributed by atoms with E-state index in [0.29, 0.717) is 4.47 Å². The van der Waals surface area contributed by atoms with Crippen LogP contribution in [0.5, 0.6) is 0 Å². The van der Waals surface area contributed by atoms with Crippen molar-refractivity contribution < 1.29 is 8.78 Å². The normalized spacial score (nSPS) is 10.4. The summed E-state index contributed by atoms with van der Waals surface area (Å²) in [5.41, 5.74) is 0.0908. The number of benzene rings is 1. The van der Waals surface area contributed by atoms with Crippen LogP contribution in [0, 0.1) is 11.6 Å². The van der Waals surface area contributed by atoms with E-state index >= 15 is 0 Å². The molecule has 1 aromatic heterocycles. The van der Waals surface area contributed by atoms with Crippen LogP contribution in [-0.4, -0.2) is 9.97 Å². The second kappa shape index (κ2) is 4.93. The third-order valence-electron chi connectivity index (χ3n) is 1.90. The van der Waals surface area contributed by atoms with Gasteiger partial charge in [0.2, 0.25) is 5.28 Å². The molecule has 0 aliphatic carbocycles. The van der Waals surface area contributed by atoms with E-state index in [1.165, 1.54) is 18.2 Å². The Hall–Kier alpha value is -1.27. The van der Waals surface area contributed by atoms with Crippen molar-refractivity contribution in [3.8, 4) is 0 Å². The smallest absolute Gasteiger partial charge is 0.224 e. The lowest BCUT2D eigenvalue weighted by atomic mass is 10.3. The van der Waals surface area contributed by atoms with Gasteiger partial charge in [-0.2, -0.15) is 4.98 Å². The minimum Gasteiger partial charge on any atom is -0.335 e. The Bertz CT molecular complexity index is 516.